The van der Waals surface area contributed by atoms with Crippen LogP contribution in [0.4, 0.5) is 23.4 Å². The van der Waals surface area contributed by atoms with Gasteiger partial charge in [0.05, 0.1) is 21.7 Å². The number of nitrogens with zero attached hydrogens (tertiary/aromatic N) is 4. The average molecular weight is 668 g/mol. The molecule has 0 aliphatic carbocycles. The summed E-state index contributed by atoms with van der Waals surface area (Å²) in [4.78, 5) is 29.4. The van der Waals surface area contributed by atoms with E-state index in [9.17, 15) is 31.4 Å². The van der Waals surface area contributed by atoms with Crippen molar-refractivity contribution in [2.75, 3.05) is 11.4 Å². The largest absolute Gasteiger partial charge is 0.416 e. The number of aromatic nitrogens is 2. The third kappa shape index (κ3) is 6.76. The van der Waals surface area contributed by atoms with Gasteiger partial charge in [-0.25, -0.2) is 13.3 Å². The van der Waals surface area contributed by atoms with Crippen LogP contribution < -0.4 is 10.2 Å². The molecule has 0 fully saturated rings. The monoisotopic (exact) mass is 667 g/mol. The first-order valence-corrected chi connectivity index (χ1v) is 15.9. The first-order valence-electron chi connectivity index (χ1n) is 14.8. The Hall–Kier alpha value is -4.65. The minimum atomic E-state index is -4.69. The third-order valence-corrected chi connectivity index (χ3v) is 9.19. The van der Waals surface area contributed by atoms with Crippen LogP contribution in [0.15, 0.2) is 83.3 Å². The summed E-state index contributed by atoms with van der Waals surface area (Å²) in [6.07, 6.45) is -4.69. The van der Waals surface area contributed by atoms with Gasteiger partial charge in [-0.15, -0.1) is 0 Å². The molecule has 0 radical (unpaired) electrons. The Morgan fingerprint density at radius 1 is 1.00 bits per heavy atom. The summed E-state index contributed by atoms with van der Waals surface area (Å²) < 4.78 is 73.2. The van der Waals surface area contributed by atoms with E-state index < -0.39 is 57.1 Å². The van der Waals surface area contributed by atoms with E-state index in [0.29, 0.717) is 34.0 Å². The Bertz CT molecular complexity index is 1870. The third-order valence-electron chi connectivity index (χ3n) is 7.70. The van der Waals surface area contributed by atoms with Crippen LogP contribution in [0.3, 0.4) is 0 Å². The van der Waals surface area contributed by atoms with Crippen molar-refractivity contribution in [2.24, 2.45) is 4.40 Å². The number of halogens is 4. The van der Waals surface area contributed by atoms with E-state index in [1.807, 2.05) is 6.07 Å². The second-order valence-corrected chi connectivity index (χ2v) is 13.9. The number of rotatable bonds is 7. The maximum atomic E-state index is 14.4. The highest BCUT2D eigenvalue weighted by Crippen LogP contribution is 2.44. The second kappa shape index (κ2) is 12.9. The number of nitrogens with one attached hydrogen (secondary N) is 1. The van der Waals surface area contributed by atoms with Gasteiger partial charge in [0, 0.05) is 23.6 Å². The molecule has 1 aliphatic heterocycles. The van der Waals surface area contributed by atoms with Gasteiger partial charge in [0.25, 0.3) is 11.8 Å². The number of alkyl halides is 3. The molecule has 1 aliphatic rings. The molecule has 0 saturated heterocycles. The van der Waals surface area contributed by atoms with Crippen LogP contribution in [0.1, 0.15) is 73.3 Å². The molecule has 8 nitrogen and oxygen atoms in total. The Morgan fingerprint density at radius 3 is 2.26 bits per heavy atom. The number of fused-ring (bicyclic) bond motifs is 1. The Balaban J connectivity index is 1.76. The molecule has 1 N–H and O–H groups in total. The maximum absolute atomic E-state index is 14.4. The number of hydrogen-bond donors (Lipinski definition) is 1. The Labute approximate surface area is 272 Å². The van der Waals surface area contributed by atoms with Crippen LogP contribution in [-0.4, -0.2) is 48.8 Å². The molecule has 0 bridgehead atoms. The van der Waals surface area contributed by atoms with E-state index in [1.54, 1.807) is 63.6 Å². The van der Waals surface area contributed by atoms with Crippen molar-refractivity contribution in [1.82, 2.24) is 15.1 Å². The van der Waals surface area contributed by atoms with Gasteiger partial charge in [-0.05, 0) is 82.6 Å². The standard InChI is InChI=1S/C34H33F4N5O3S/c1-6-42-31-27(28(20(2)41-47(46)33(3,4)5)40-43(31)25-13-8-7-9-14-25)26(21-15-17-24(35)18-16-21)29(32(42)45)39-30(44)22-11-10-12-23(19-22)34(36,37)38/h7-19,26,29H,6H2,1-5H3,(H,39,44)/b41-20+/t26-,29-,47?/m1/s1. The van der Waals surface area contributed by atoms with Crippen LogP contribution in [0, 0.1) is 5.82 Å². The van der Waals surface area contributed by atoms with Crippen molar-refractivity contribution in [2.45, 2.75) is 57.5 Å². The van der Waals surface area contributed by atoms with Gasteiger partial charge < -0.3 is 5.32 Å². The molecule has 47 heavy (non-hydrogen) atoms. The highest BCUT2D eigenvalue weighted by Gasteiger charge is 2.47. The first-order chi connectivity index (χ1) is 22.1. The van der Waals surface area contributed by atoms with Crippen molar-refractivity contribution < 1.29 is 31.4 Å². The van der Waals surface area contributed by atoms with Crippen molar-refractivity contribution in [1.29, 1.82) is 0 Å². The number of benzene rings is 3. The van der Waals surface area contributed by atoms with Crippen molar-refractivity contribution in [3.05, 3.63) is 113 Å². The summed E-state index contributed by atoms with van der Waals surface area (Å²) in [6.45, 7) is 8.84. The van der Waals surface area contributed by atoms with E-state index in [0.717, 1.165) is 18.2 Å². The highest BCUT2D eigenvalue weighted by molar-refractivity contribution is 7.85. The molecule has 5 rings (SSSR count). The molecule has 4 aromatic rings. The van der Waals surface area contributed by atoms with E-state index in [4.69, 9.17) is 5.10 Å². The number of hydrogen-bond acceptors (Lipinski definition) is 4. The second-order valence-electron chi connectivity index (χ2n) is 12.0. The molecule has 3 aromatic carbocycles. The summed E-state index contributed by atoms with van der Waals surface area (Å²) in [6, 6.07) is 17.0. The van der Waals surface area contributed by atoms with Gasteiger partial charge in [-0.2, -0.15) is 22.7 Å². The molecule has 1 aromatic heterocycles. The number of amides is 2. The fraction of sp³-hybridized carbons (Fsp3) is 0.294. The van der Waals surface area contributed by atoms with Crippen molar-refractivity contribution >= 4 is 34.3 Å². The molecule has 0 saturated carbocycles. The predicted molar refractivity (Wildman–Crippen MR) is 173 cm³/mol. The van der Waals surface area contributed by atoms with Gasteiger partial charge >= 0.3 is 6.18 Å². The number of anilines is 1. The highest BCUT2D eigenvalue weighted by atomic mass is 32.2. The minimum absolute atomic E-state index is 0.139. The maximum Gasteiger partial charge on any atom is 0.416 e. The molecule has 2 heterocycles. The lowest BCUT2D eigenvalue weighted by atomic mass is 9.80. The minimum Gasteiger partial charge on any atom is -0.339 e. The first kappa shape index (κ1) is 33.7. The SMILES string of the molecule is CCN1C(=O)[C@H](NC(=O)c2cccc(C(F)(F)F)c2)[C@H](c2ccc(F)cc2)c2c(/C(C)=N/S(=O)C(C)(C)C)nn(-c3ccccc3)c21. The molecule has 246 valence electrons. The van der Waals surface area contributed by atoms with Crippen molar-refractivity contribution in [3.63, 3.8) is 0 Å². The van der Waals surface area contributed by atoms with Crippen LogP contribution in [0.2, 0.25) is 0 Å². The van der Waals surface area contributed by atoms with Crippen LogP contribution in [-0.2, 0) is 22.0 Å². The summed E-state index contributed by atoms with van der Waals surface area (Å²) in [5, 5.41) is 7.56. The normalized spacial score (nSPS) is 17.8. The molecule has 1 unspecified atom stereocenters. The zero-order valence-corrected chi connectivity index (χ0v) is 27.1. The van der Waals surface area contributed by atoms with Gasteiger partial charge in [-0.1, -0.05) is 36.4 Å². The zero-order valence-electron chi connectivity index (χ0n) is 26.3. The summed E-state index contributed by atoms with van der Waals surface area (Å²) in [5.74, 6) is -2.61. The predicted octanol–water partition coefficient (Wildman–Crippen LogP) is 6.60. The van der Waals surface area contributed by atoms with Gasteiger partial charge in [0.2, 0.25) is 0 Å². The summed E-state index contributed by atoms with van der Waals surface area (Å²) in [7, 11) is -1.69. The van der Waals surface area contributed by atoms with Gasteiger partial charge in [0.1, 0.15) is 34.4 Å². The van der Waals surface area contributed by atoms with E-state index in [1.165, 1.54) is 35.2 Å². The van der Waals surface area contributed by atoms with E-state index in [2.05, 4.69) is 9.71 Å². The number of para-hydroxylation sites is 1. The lowest BCUT2D eigenvalue weighted by Gasteiger charge is -2.38. The molecular weight excluding hydrogens is 634 g/mol. The summed E-state index contributed by atoms with van der Waals surface area (Å²) >= 11 is 0. The number of carbonyl (C=O) groups is 2. The Morgan fingerprint density at radius 2 is 1.66 bits per heavy atom. The smallest absolute Gasteiger partial charge is 0.339 e. The molecule has 2 amide bonds. The lowest BCUT2D eigenvalue weighted by molar-refractivity contribution is -0.137. The van der Waals surface area contributed by atoms with Gasteiger partial charge in [0.15, 0.2) is 0 Å². The number of likely N-dealkylation sites (N-methyl/N-ethyl adjacent to an activating group) is 1. The fourth-order valence-electron chi connectivity index (χ4n) is 5.41. The number of carbonyl (C=O) groups excluding carboxylic acids is 2. The lowest BCUT2D eigenvalue weighted by Crippen LogP contribution is -2.55. The molecule has 13 heteroatoms. The fourth-order valence-corrected chi connectivity index (χ4v) is 6.02. The molecular formula is C34H33F4N5O3S. The average Bonchev–Trinajstić information content (AvgIpc) is 3.42. The Kier molecular flexibility index (Phi) is 9.22. The van der Waals surface area contributed by atoms with Crippen LogP contribution in [0.25, 0.3) is 5.69 Å². The summed E-state index contributed by atoms with van der Waals surface area (Å²) in [5.41, 5.74) is 0.767. The van der Waals surface area contributed by atoms with Crippen LogP contribution >= 0.6 is 0 Å². The van der Waals surface area contributed by atoms with Crippen LogP contribution in [0.5, 0.6) is 0 Å². The van der Waals surface area contributed by atoms with E-state index >= 15 is 0 Å². The molecule has 3 atom stereocenters. The zero-order chi connectivity index (χ0) is 34.3. The van der Waals surface area contributed by atoms with Gasteiger partial charge in [-0.3, -0.25) is 14.5 Å². The quantitative estimate of drug-likeness (QED) is 0.178. The van der Waals surface area contributed by atoms with Crippen molar-refractivity contribution in [3.8, 4) is 5.69 Å². The topological polar surface area (TPSA) is 96.7 Å². The van der Waals surface area contributed by atoms with E-state index in [-0.39, 0.29) is 12.1 Å². The molecule has 0 spiro atoms.